The lowest BCUT2D eigenvalue weighted by atomic mass is 10.0. The van der Waals surface area contributed by atoms with Crippen LogP contribution >= 0.6 is 11.6 Å². The van der Waals surface area contributed by atoms with Crippen LogP contribution in [0.4, 0.5) is 0 Å². The monoisotopic (exact) mass is 329 g/mol. The third-order valence-electron chi connectivity index (χ3n) is 4.13. The predicted molar refractivity (Wildman–Crippen MR) is 104 cm³/mol. The van der Waals surface area contributed by atoms with Crippen molar-refractivity contribution in [1.82, 2.24) is 4.98 Å². The molecule has 2 heteroatoms. The molecule has 0 fully saturated rings. The maximum absolute atomic E-state index is 6.26. The molecule has 0 radical (unpaired) electrons. The molecule has 1 N–H and O–H groups in total. The second-order valence-corrected chi connectivity index (χ2v) is 6.09. The Morgan fingerprint density at radius 2 is 1.42 bits per heavy atom. The van der Waals surface area contributed by atoms with E-state index in [9.17, 15) is 0 Å². The molecule has 0 atom stereocenters. The molecule has 1 aromatic heterocycles. The normalized spacial score (nSPS) is 11.4. The number of aromatic amines is 1. The Kier molecular flexibility index (Phi) is 3.94. The van der Waals surface area contributed by atoms with Gasteiger partial charge in [-0.25, -0.2) is 0 Å². The molecule has 0 amide bonds. The average Bonchev–Trinajstić information content (AvgIpc) is 3.00. The predicted octanol–water partition coefficient (Wildman–Crippen LogP) is 6.66. The molecule has 3 aromatic carbocycles. The number of hydrogen-bond acceptors (Lipinski definition) is 0. The molecule has 4 rings (SSSR count). The number of H-pyrrole nitrogens is 1. The summed E-state index contributed by atoms with van der Waals surface area (Å²) in [6.45, 7) is 0. The summed E-state index contributed by atoms with van der Waals surface area (Å²) in [4.78, 5) is 3.52. The van der Waals surface area contributed by atoms with E-state index in [1.807, 2.05) is 30.3 Å². The molecule has 0 spiro atoms. The zero-order valence-electron chi connectivity index (χ0n) is 13.0. The topological polar surface area (TPSA) is 15.8 Å². The lowest BCUT2D eigenvalue weighted by Gasteiger charge is -2.02. The Morgan fingerprint density at radius 1 is 0.708 bits per heavy atom. The van der Waals surface area contributed by atoms with E-state index in [2.05, 4.69) is 65.7 Å². The summed E-state index contributed by atoms with van der Waals surface area (Å²) in [5.74, 6) is 0. The SMILES string of the molecule is Clc1ccccc1/C=C/c1[nH]c2ccccc2c1-c1ccccc1. The molecule has 4 aromatic rings. The van der Waals surface area contributed by atoms with E-state index in [4.69, 9.17) is 11.6 Å². The first-order valence-electron chi connectivity index (χ1n) is 7.92. The number of fused-ring (bicyclic) bond motifs is 1. The summed E-state index contributed by atoms with van der Waals surface area (Å²) in [5, 5.41) is 1.98. The minimum absolute atomic E-state index is 0.756. The standard InChI is InChI=1S/C22H16ClN/c23-19-12-6-4-8-16(19)14-15-21-22(17-9-2-1-3-10-17)18-11-5-7-13-20(18)24-21/h1-15,24H/b15-14+. The first-order chi connectivity index (χ1) is 11.8. The van der Waals surface area contributed by atoms with E-state index in [1.54, 1.807) is 0 Å². The molecular weight excluding hydrogens is 314 g/mol. The van der Waals surface area contributed by atoms with Crippen LogP contribution in [-0.4, -0.2) is 4.98 Å². The average molecular weight is 330 g/mol. The van der Waals surface area contributed by atoms with E-state index >= 15 is 0 Å². The lowest BCUT2D eigenvalue weighted by molar-refractivity contribution is 1.43. The van der Waals surface area contributed by atoms with Crippen LogP contribution < -0.4 is 0 Å². The molecule has 0 aliphatic carbocycles. The maximum Gasteiger partial charge on any atom is 0.0478 e. The van der Waals surface area contributed by atoms with Crippen molar-refractivity contribution in [1.29, 1.82) is 0 Å². The van der Waals surface area contributed by atoms with Crippen LogP contribution in [0.5, 0.6) is 0 Å². The van der Waals surface area contributed by atoms with Crippen molar-refractivity contribution in [3.05, 3.63) is 95.1 Å². The Bertz CT molecular complexity index is 1010. The van der Waals surface area contributed by atoms with E-state index < -0.39 is 0 Å². The van der Waals surface area contributed by atoms with Crippen molar-refractivity contribution in [2.24, 2.45) is 0 Å². The summed E-state index contributed by atoms with van der Waals surface area (Å²) in [6.07, 6.45) is 4.16. The molecule has 24 heavy (non-hydrogen) atoms. The molecular formula is C22H16ClN. The molecule has 0 aliphatic rings. The highest BCUT2D eigenvalue weighted by Crippen LogP contribution is 2.33. The van der Waals surface area contributed by atoms with Crippen LogP contribution in [0, 0.1) is 0 Å². The van der Waals surface area contributed by atoms with Crippen molar-refractivity contribution < 1.29 is 0 Å². The number of benzene rings is 3. The van der Waals surface area contributed by atoms with Crippen LogP contribution in [0.3, 0.4) is 0 Å². The minimum atomic E-state index is 0.756. The zero-order valence-corrected chi connectivity index (χ0v) is 13.8. The first-order valence-corrected chi connectivity index (χ1v) is 8.29. The third kappa shape index (κ3) is 2.75. The van der Waals surface area contributed by atoms with Gasteiger partial charge < -0.3 is 4.98 Å². The van der Waals surface area contributed by atoms with Gasteiger partial charge in [-0.1, -0.05) is 84.4 Å². The molecule has 1 heterocycles. The number of nitrogens with one attached hydrogen (secondary N) is 1. The van der Waals surface area contributed by atoms with Gasteiger partial charge in [0, 0.05) is 27.2 Å². The van der Waals surface area contributed by atoms with Gasteiger partial charge in [-0.3, -0.25) is 0 Å². The zero-order chi connectivity index (χ0) is 16.4. The van der Waals surface area contributed by atoms with Crippen LogP contribution in [0.15, 0.2) is 78.9 Å². The van der Waals surface area contributed by atoms with Crippen molar-refractivity contribution >= 4 is 34.7 Å². The highest BCUT2D eigenvalue weighted by atomic mass is 35.5. The summed E-state index contributed by atoms with van der Waals surface area (Å²) in [7, 11) is 0. The van der Waals surface area contributed by atoms with E-state index in [-0.39, 0.29) is 0 Å². The molecule has 0 bridgehead atoms. The molecule has 0 aliphatic heterocycles. The number of rotatable bonds is 3. The van der Waals surface area contributed by atoms with E-state index in [0.717, 1.165) is 21.8 Å². The summed E-state index contributed by atoms with van der Waals surface area (Å²) in [5.41, 5.74) is 5.65. The van der Waals surface area contributed by atoms with Crippen molar-refractivity contribution in [2.45, 2.75) is 0 Å². The van der Waals surface area contributed by atoms with Crippen LogP contribution in [0.1, 0.15) is 11.3 Å². The summed E-state index contributed by atoms with van der Waals surface area (Å²) in [6, 6.07) is 26.7. The minimum Gasteiger partial charge on any atom is -0.354 e. The van der Waals surface area contributed by atoms with Crippen molar-refractivity contribution in [2.75, 3.05) is 0 Å². The Hall–Kier alpha value is -2.77. The largest absolute Gasteiger partial charge is 0.354 e. The highest BCUT2D eigenvalue weighted by Gasteiger charge is 2.11. The quantitative estimate of drug-likeness (QED) is 0.432. The first kappa shape index (κ1) is 14.8. The Morgan fingerprint density at radius 3 is 2.25 bits per heavy atom. The van der Waals surface area contributed by atoms with Gasteiger partial charge in [0.1, 0.15) is 0 Å². The van der Waals surface area contributed by atoms with Crippen molar-refractivity contribution in [3.63, 3.8) is 0 Å². The van der Waals surface area contributed by atoms with Gasteiger partial charge in [-0.2, -0.15) is 0 Å². The van der Waals surface area contributed by atoms with Gasteiger partial charge in [0.15, 0.2) is 0 Å². The third-order valence-corrected chi connectivity index (χ3v) is 4.48. The van der Waals surface area contributed by atoms with Crippen molar-refractivity contribution in [3.8, 4) is 11.1 Å². The molecule has 0 saturated heterocycles. The fraction of sp³-hybridized carbons (Fsp3) is 0. The molecule has 1 nitrogen and oxygen atoms in total. The number of aromatic nitrogens is 1. The number of para-hydroxylation sites is 1. The van der Waals surface area contributed by atoms with E-state index in [1.165, 1.54) is 16.5 Å². The highest BCUT2D eigenvalue weighted by molar-refractivity contribution is 6.32. The van der Waals surface area contributed by atoms with Gasteiger partial charge in [0.25, 0.3) is 0 Å². The van der Waals surface area contributed by atoms with Gasteiger partial charge in [0.05, 0.1) is 0 Å². The maximum atomic E-state index is 6.26. The van der Waals surface area contributed by atoms with E-state index in [0.29, 0.717) is 0 Å². The van der Waals surface area contributed by atoms with Gasteiger partial charge in [-0.05, 0) is 29.3 Å². The summed E-state index contributed by atoms with van der Waals surface area (Å²) >= 11 is 6.26. The fourth-order valence-corrected chi connectivity index (χ4v) is 3.19. The number of hydrogen-bond donors (Lipinski definition) is 1. The Labute approximate surface area is 146 Å². The Balaban J connectivity index is 1.88. The number of halogens is 1. The van der Waals surface area contributed by atoms with Gasteiger partial charge in [-0.15, -0.1) is 0 Å². The fourth-order valence-electron chi connectivity index (χ4n) is 2.99. The molecule has 0 unspecified atom stereocenters. The van der Waals surface area contributed by atoms with Crippen LogP contribution in [0.25, 0.3) is 34.2 Å². The second-order valence-electron chi connectivity index (χ2n) is 5.68. The molecule has 0 saturated carbocycles. The second kappa shape index (κ2) is 6.38. The lowest BCUT2D eigenvalue weighted by Crippen LogP contribution is -1.80. The van der Waals surface area contributed by atoms with Crippen LogP contribution in [0.2, 0.25) is 5.02 Å². The molecule has 116 valence electrons. The summed E-state index contributed by atoms with van der Waals surface area (Å²) < 4.78 is 0. The smallest absolute Gasteiger partial charge is 0.0478 e. The van der Waals surface area contributed by atoms with Gasteiger partial charge in [0.2, 0.25) is 0 Å². The van der Waals surface area contributed by atoms with Crippen LogP contribution in [-0.2, 0) is 0 Å². The van der Waals surface area contributed by atoms with Gasteiger partial charge >= 0.3 is 0 Å².